The highest BCUT2D eigenvalue weighted by Crippen LogP contribution is 2.27. The first kappa shape index (κ1) is 29.7. The van der Waals surface area contributed by atoms with Crippen molar-refractivity contribution in [1.29, 1.82) is 0 Å². The van der Waals surface area contributed by atoms with Crippen molar-refractivity contribution in [3.05, 3.63) is 71.3 Å². The Kier molecular flexibility index (Phi) is 13.1. The van der Waals surface area contributed by atoms with Gasteiger partial charge >= 0.3 is 0 Å². The summed E-state index contributed by atoms with van der Waals surface area (Å²) >= 11 is 0. The Bertz CT molecular complexity index is 1010. The number of terminal acetylenes is 1. The number of carbonyl (C=O) groups excluding carboxylic acids is 2. The molecule has 198 valence electrons. The molecule has 1 N–H and O–H groups in total. The van der Waals surface area contributed by atoms with Crippen LogP contribution < -0.4 is 5.32 Å². The number of carbonyl (C=O) groups is 2. The van der Waals surface area contributed by atoms with Crippen LogP contribution in [0.4, 0.5) is 5.69 Å². The molecule has 1 saturated carbocycles. The van der Waals surface area contributed by atoms with Gasteiger partial charge in [-0.25, -0.2) is 0 Å². The summed E-state index contributed by atoms with van der Waals surface area (Å²) in [7, 11) is 0. The average Bonchev–Trinajstić information content (AvgIpc) is 2.95. The highest BCUT2D eigenvalue weighted by Gasteiger charge is 2.22. The van der Waals surface area contributed by atoms with Crippen LogP contribution in [0.3, 0.4) is 0 Å². The predicted molar refractivity (Wildman–Crippen MR) is 153 cm³/mol. The van der Waals surface area contributed by atoms with E-state index < -0.39 is 0 Å². The van der Waals surface area contributed by atoms with E-state index in [4.69, 9.17) is 4.74 Å². The molecule has 0 aromatic heterocycles. The van der Waals surface area contributed by atoms with Gasteiger partial charge in [0, 0.05) is 30.3 Å². The maximum absolute atomic E-state index is 13.4. The summed E-state index contributed by atoms with van der Waals surface area (Å²) in [4.78, 5) is 27.9. The lowest BCUT2D eigenvalue weighted by Crippen LogP contribution is -2.33. The zero-order valence-corrected chi connectivity index (χ0v) is 22.7. The quantitative estimate of drug-likeness (QED) is 0.203. The zero-order valence-electron chi connectivity index (χ0n) is 22.7. The van der Waals surface area contributed by atoms with Crippen LogP contribution in [0.5, 0.6) is 0 Å². The minimum atomic E-state index is 0.00596. The number of benzene rings is 2. The highest BCUT2D eigenvalue weighted by molar-refractivity contribution is 5.99. The van der Waals surface area contributed by atoms with Crippen LogP contribution in [-0.2, 0) is 20.9 Å². The minimum Gasteiger partial charge on any atom is -0.488 e. The predicted octanol–water partition coefficient (Wildman–Crippen LogP) is 7.05. The maximum Gasteiger partial charge on any atom is 0.253 e. The Morgan fingerprint density at radius 1 is 0.919 bits per heavy atom. The first-order valence-electron chi connectivity index (χ1n) is 13.4. The topological polar surface area (TPSA) is 58.6 Å². The Balaban J connectivity index is 0.00000235. The monoisotopic (exact) mass is 502 g/mol. The molecule has 0 atom stereocenters. The third kappa shape index (κ3) is 9.13. The van der Waals surface area contributed by atoms with E-state index >= 15 is 0 Å². The van der Waals surface area contributed by atoms with Gasteiger partial charge in [0.25, 0.3) is 5.91 Å². The van der Waals surface area contributed by atoms with E-state index in [9.17, 15) is 9.59 Å². The van der Waals surface area contributed by atoms with Gasteiger partial charge in [0.15, 0.2) is 0 Å². The van der Waals surface area contributed by atoms with Crippen molar-refractivity contribution >= 4 is 23.3 Å². The van der Waals surface area contributed by atoms with Crippen molar-refractivity contribution in [2.75, 3.05) is 18.4 Å². The molecule has 2 amide bonds. The second-order valence-electron chi connectivity index (χ2n) is 9.42. The fourth-order valence-electron chi connectivity index (χ4n) is 4.64. The summed E-state index contributed by atoms with van der Waals surface area (Å²) < 4.78 is 6.26. The number of ether oxygens (including phenoxy) is 1. The molecule has 2 aromatic carbocycles. The fraction of sp³-hybridized carbons (Fsp3) is 0.438. The van der Waals surface area contributed by atoms with Crippen molar-refractivity contribution in [1.82, 2.24) is 4.90 Å². The molecule has 0 heterocycles. The van der Waals surface area contributed by atoms with Crippen LogP contribution in [0.15, 0.2) is 60.2 Å². The van der Waals surface area contributed by atoms with Crippen molar-refractivity contribution in [2.24, 2.45) is 5.92 Å². The van der Waals surface area contributed by atoms with Crippen molar-refractivity contribution in [2.45, 2.75) is 72.3 Å². The molecule has 37 heavy (non-hydrogen) atoms. The van der Waals surface area contributed by atoms with E-state index in [1.807, 2.05) is 66.4 Å². The molecule has 2 aromatic rings. The van der Waals surface area contributed by atoms with E-state index in [0.717, 1.165) is 68.4 Å². The van der Waals surface area contributed by atoms with E-state index in [-0.39, 0.29) is 17.7 Å². The summed E-state index contributed by atoms with van der Waals surface area (Å²) in [5.41, 5.74) is 3.24. The van der Waals surface area contributed by atoms with Gasteiger partial charge in [0.1, 0.15) is 12.4 Å². The Hall–Kier alpha value is -3.52. The van der Waals surface area contributed by atoms with Gasteiger partial charge in [0.2, 0.25) is 5.91 Å². The van der Waals surface area contributed by atoms with Gasteiger partial charge in [-0.2, -0.15) is 0 Å². The number of nitrogens with one attached hydrogen (secondary N) is 1. The molecule has 1 aliphatic rings. The van der Waals surface area contributed by atoms with Gasteiger partial charge < -0.3 is 15.0 Å². The van der Waals surface area contributed by atoms with Gasteiger partial charge in [-0.3, -0.25) is 9.59 Å². The van der Waals surface area contributed by atoms with Crippen molar-refractivity contribution < 1.29 is 14.3 Å². The molecule has 0 bridgehead atoms. The molecule has 1 aliphatic carbocycles. The molecule has 5 nitrogen and oxygen atoms in total. The van der Waals surface area contributed by atoms with Crippen LogP contribution in [0, 0.1) is 18.8 Å². The van der Waals surface area contributed by atoms with E-state index in [1.54, 1.807) is 0 Å². The van der Waals surface area contributed by atoms with E-state index in [0.29, 0.717) is 17.9 Å². The Morgan fingerprint density at radius 2 is 1.51 bits per heavy atom. The van der Waals surface area contributed by atoms with Crippen molar-refractivity contribution in [3.8, 4) is 12.8 Å². The number of anilines is 1. The Labute approximate surface area is 223 Å². The number of nitrogens with zero attached hydrogens (tertiary/aromatic N) is 1. The molecule has 3 rings (SSSR count). The summed E-state index contributed by atoms with van der Waals surface area (Å²) in [5, 5.41) is 3.07. The first-order valence-corrected chi connectivity index (χ1v) is 13.4. The van der Waals surface area contributed by atoms with Crippen LogP contribution in [0.2, 0.25) is 0 Å². The average molecular weight is 503 g/mol. The molecular weight excluding hydrogens is 460 g/mol. The standard InChI is InChI=1S/C30H40N2O3.C2H2/c1-4-20-32(21-5-2)30(34)23(3)28(35-22-24-12-8-6-9-13-24)25-16-18-27(19-17-25)31-29(33)26-14-10-7-11-15-26;1-2/h6,8-9,12-13,16-19,26H,4-5,7,10-11,14-15,20-22H2,1-3H3,(H,31,33);1-2H/b28-23+;. The summed E-state index contributed by atoms with van der Waals surface area (Å²) in [6.07, 6.45) is 15.2. The lowest BCUT2D eigenvalue weighted by atomic mass is 9.88. The summed E-state index contributed by atoms with van der Waals surface area (Å²) in [6, 6.07) is 17.6. The van der Waals surface area contributed by atoms with Crippen LogP contribution in [0.25, 0.3) is 5.76 Å². The lowest BCUT2D eigenvalue weighted by molar-refractivity contribution is -0.127. The van der Waals surface area contributed by atoms with Gasteiger partial charge in [-0.05, 0) is 62.4 Å². The van der Waals surface area contributed by atoms with Crippen molar-refractivity contribution in [3.63, 3.8) is 0 Å². The molecule has 0 aliphatic heterocycles. The van der Waals surface area contributed by atoms with Crippen LogP contribution in [-0.4, -0.2) is 29.8 Å². The molecule has 0 radical (unpaired) electrons. The molecule has 1 fully saturated rings. The fourth-order valence-corrected chi connectivity index (χ4v) is 4.64. The van der Waals surface area contributed by atoms with E-state index in [2.05, 4.69) is 32.0 Å². The summed E-state index contributed by atoms with van der Waals surface area (Å²) in [5.74, 6) is 0.804. The number of hydrogen-bond acceptors (Lipinski definition) is 3. The largest absolute Gasteiger partial charge is 0.488 e. The van der Waals surface area contributed by atoms with Crippen LogP contribution >= 0.6 is 0 Å². The second kappa shape index (κ2) is 16.3. The molecule has 0 spiro atoms. The number of amides is 2. The maximum atomic E-state index is 13.4. The smallest absolute Gasteiger partial charge is 0.253 e. The third-order valence-corrected chi connectivity index (χ3v) is 6.55. The SMILES string of the molecule is C#C.CCCN(CCC)C(=O)/C(C)=C(/OCc1ccccc1)c1ccc(NC(=O)C2CCCCC2)cc1. The summed E-state index contributed by atoms with van der Waals surface area (Å²) in [6.45, 7) is 7.84. The van der Waals surface area contributed by atoms with Gasteiger partial charge in [0.05, 0.1) is 5.57 Å². The van der Waals surface area contributed by atoms with Crippen LogP contribution in [0.1, 0.15) is 76.8 Å². The third-order valence-electron chi connectivity index (χ3n) is 6.55. The normalized spacial score (nSPS) is 14.0. The van der Waals surface area contributed by atoms with Gasteiger partial charge in [-0.1, -0.05) is 63.4 Å². The molecule has 0 unspecified atom stereocenters. The van der Waals surface area contributed by atoms with Gasteiger partial charge in [-0.15, -0.1) is 12.8 Å². The lowest BCUT2D eigenvalue weighted by Gasteiger charge is -2.24. The second-order valence-corrected chi connectivity index (χ2v) is 9.42. The number of hydrogen-bond donors (Lipinski definition) is 1. The molecule has 0 saturated heterocycles. The zero-order chi connectivity index (χ0) is 27.0. The molecule has 5 heteroatoms. The highest BCUT2D eigenvalue weighted by atomic mass is 16.5. The van der Waals surface area contributed by atoms with E-state index in [1.165, 1.54) is 6.42 Å². The Morgan fingerprint density at radius 3 is 2.08 bits per heavy atom. The first-order chi connectivity index (χ1) is 18.0. The molecular formula is C32H42N2O3. The number of rotatable bonds is 11. The minimum absolute atomic E-state index is 0.00596.